The summed E-state index contributed by atoms with van der Waals surface area (Å²) in [7, 11) is 1.93. The third-order valence-corrected chi connectivity index (χ3v) is 5.76. The van der Waals surface area contributed by atoms with E-state index in [1.807, 2.05) is 18.0 Å². The fourth-order valence-corrected chi connectivity index (χ4v) is 4.13. The highest BCUT2D eigenvalue weighted by molar-refractivity contribution is 6.46. The number of rotatable bonds is 4. The summed E-state index contributed by atoms with van der Waals surface area (Å²) in [5, 5.41) is 11.2. The molecule has 1 unspecified atom stereocenters. The lowest BCUT2D eigenvalue weighted by Gasteiger charge is -2.28. The quantitative estimate of drug-likeness (QED) is 0.385. The lowest BCUT2D eigenvalue weighted by Crippen LogP contribution is -2.29. The number of aromatic nitrogens is 1. The van der Waals surface area contributed by atoms with Crippen molar-refractivity contribution in [1.29, 1.82) is 0 Å². The summed E-state index contributed by atoms with van der Waals surface area (Å²) in [5.41, 5.74) is 1.99. The van der Waals surface area contributed by atoms with Gasteiger partial charge in [0.2, 0.25) is 0 Å². The summed E-state index contributed by atoms with van der Waals surface area (Å²) in [4.78, 5) is 33.6. The first-order chi connectivity index (χ1) is 15.5. The van der Waals surface area contributed by atoms with Gasteiger partial charge in [-0.1, -0.05) is 6.07 Å². The first-order valence-electron chi connectivity index (χ1n) is 10.2. The minimum atomic E-state index is -0.852. The van der Waals surface area contributed by atoms with E-state index in [-0.39, 0.29) is 17.9 Å². The fourth-order valence-electron chi connectivity index (χ4n) is 4.13. The maximum Gasteiger partial charge on any atom is 0.296 e. The Balaban J connectivity index is 1.61. The number of hydrogen-bond acceptors (Lipinski definition) is 7. The van der Waals surface area contributed by atoms with E-state index in [2.05, 4.69) is 4.98 Å². The highest BCUT2D eigenvalue weighted by Crippen LogP contribution is 2.41. The molecule has 1 fully saturated rings. The van der Waals surface area contributed by atoms with Crippen molar-refractivity contribution in [2.24, 2.45) is 0 Å². The van der Waals surface area contributed by atoms with Gasteiger partial charge in [0.05, 0.1) is 24.1 Å². The monoisotopic (exact) mass is 431 g/mol. The number of fused-ring (bicyclic) bond motifs is 1. The number of furan rings is 1. The molecule has 32 heavy (non-hydrogen) atoms. The van der Waals surface area contributed by atoms with Crippen LogP contribution in [-0.4, -0.2) is 46.9 Å². The van der Waals surface area contributed by atoms with Gasteiger partial charge < -0.3 is 24.1 Å². The Labute approximate surface area is 184 Å². The molecule has 0 saturated carbocycles. The number of likely N-dealkylation sites (N-methyl/N-ethyl adjacent to an activating group) is 1. The summed E-state index contributed by atoms with van der Waals surface area (Å²) in [6.45, 7) is 1.44. The molecular formula is C24H21N3O5. The van der Waals surface area contributed by atoms with Crippen molar-refractivity contribution in [2.45, 2.75) is 12.6 Å². The number of likely N-dealkylation sites (tertiary alicyclic amines) is 1. The van der Waals surface area contributed by atoms with E-state index < -0.39 is 17.7 Å². The second-order valence-corrected chi connectivity index (χ2v) is 7.76. The average Bonchev–Trinajstić information content (AvgIpc) is 3.42. The molecule has 1 aromatic carbocycles. The van der Waals surface area contributed by atoms with Crippen LogP contribution in [0.1, 0.15) is 22.9 Å². The normalized spacial score (nSPS) is 19.7. The van der Waals surface area contributed by atoms with Crippen LogP contribution in [0.3, 0.4) is 0 Å². The molecule has 4 heterocycles. The molecular weight excluding hydrogens is 410 g/mol. The third-order valence-electron chi connectivity index (χ3n) is 5.76. The molecule has 2 aromatic heterocycles. The molecule has 0 radical (unpaired) electrons. The van der Waals surface area contributed by atoms with Crippen LogP contribution in [0.25, 0.3) is 5.76 Å². The van der Waals surface area contributed by atoms with Gasteiger partial charge in [-0.2, -0.15) is 0 Å². The maximum absolute atomic E-state index is 13.1. The number of amides is 1. The van der Waals surface area contributed by atoms with Crippen LogP contribution in [0.2, 0.25) is 0 Å². The van der Waals surface area contributed by atoms with Crippen molar-refractivity contribution in [3.8, 4) is 5.75 Å². The van der Waals surface area contributed by atoms with Gasteiger partial charge in [0.1, 0.15) is 29.9 Å². The second-order valence-electron chi connectivity index (χ2n) is 7.76. The van der Waals surface area contributed by atoms with Crippen molar-refractivity contribution in [3.05, 3.63) is 83.6 Å². The number of Topliss-reactive ketones (excluding diaryl/α,β-unsaturated/α-hetero) is 1. The Morgan fingerprint density at radius 3 is 2.84 bits per heavy atom. The first kappa shape index (κ1) is 19.9. The van der Waals surface area contributed by atoms with Crippen LogP contribution in [0, 0.1) is 0 Å². The Kier molecular flexibility index (Phi) is 4.89. The number of benzene rings is 1. The number of ether oxygens (including phenoxy) is 1. The third kappa shape index (κ3) is 3.30. The molecule has 2 aliphatic rings. The van der Waals surface area contributed by atoms with Gasteiger partial charge in [-0.3, -0.25) is 14.6 Å². The topological polar surface area (TPSA) is 96.1 Å². The predicted octanol–water partition coefficient (Wildman–Crippen LogP) is 3.13. The minimum Gasteiger partial charge on any atom is -0.507 e. The predicted molar refractivity (Wildman–Crippen MR) is 116 cm³/mol. The SMILES string of the molecule is CN1CCOc2ccc(/C(O)=C3/C(=O)C(=O)N(Cc4cccnc4)C3c3ccco3)cc21. The zero-order valence-corrected chi connectivity index (χ0v) is 17.4. The van der Waals surface area contributed by atoms with Crippen LogP contribution in [0.4, 0.5) is 5.69 Å². The van der Waals surface area contributed by atoms with Crippen LogP contribution in [-0.2, 0) is 16.1 Å². The van der Waals surface area contributed by atoms with E-state index >= 15 is 0 Å². The fraction of sp³-hybridized carbons (Fsp3) is 0.208. The van der Waals surface area contributed by atoms with E-state index in [9.17, 15) is 14.7 Å². The summed E-state index contributed by atoms with van der Waals surface area (Å²) < 4.78 is 11.2. The number of nitrogens with zero attached hydrogens (tertiary/aromatic N) is 3. The number of anilines is 1. The molecule has 0 spiro atoms. The van der Waals surface area contributed by atoms with Gasteiger partial charge in [-0.25, -0.2) is 0 Å². The first-order valence-corrected chi connectivity index (χ1v) is 10.2. The van der Waals surface area contributed by atoms with Crippen molar-refractivity contribution < 1.29 is 23.8 Å². The Hall–Kier alpha value is -4.07. The zero-order valence-electron chi connectivity index (χ0n) is 17.4. The molecule has 3 aromatic rings. The Morgan fingerprint density at radius 1 is 1.22 bits per heavy atom. The smallest absolute Gasteiger partial charge is 0.296 e. The number of carbonyl (C=O) groups is 2. The number of carbonyl (C=O) groups excluding carboxylic acids is 2. The van der Waals surface area contributed by atoms with E-state index in [0.29, 0.717) is 30.2 Å². The zero-order chi connectivity index (χ0) is 22.2. The number of ketones is 1. The standard InChI is InChI=1S/C24H21N3O5/c1-26-9-11-32-18-7-6-16(12-17(18)26)22(28)20-21(19-5-3-10-31-19)27(24(30)23(20)29)14-15-4-2-8-25-13-15/h2-8,10,12-13,21,28H,9,11,14H2,1H3/b22-20-. The molecule has 162 valence electrons. The highest BCUT2D eigenvalue weighted by Gasteiger charge is 2.47. The van der Waals surface area contributed by atoms with Crippen LogP contribution in [0.15, 0.2) is 71.1 Å². The van der Waals surface area contributed by atoms with Crippen molar-refractivity contribution in [1.82, 2.24) is 9.88 Å². The van der Waals surface area contributed by atoms with Crippen molar-refractivity contribution >= 4 is 23.1 Å². The lowest BCUT2D eigenvalue weighted by atomic mass is 9.98. The van der Waals surface area contributed by atoms with Gasteiger partial charge in [-0.05, 0) is 42.0 Å². The summed E-state index contributed by atoms with van der Waals surface area (Å²) in [6, 6.07) is 11.3. The molecule has 1 saturated heterocycles. The van der Waals surface area contributed by atoms with E-state index in [1.54, 1.807) is 48.8 Å². The number of aliphatic hydroxyl groups excluding tert-OH is 1. The summed E-state index contributed by atoms with van der Waals surface area (Å²) in [6.07, 6.45) is 4.75. The minimum absolute atomic E-state index is 0.00632. The molecule has 8 nitrogen and oxygen atoms in total. The largest absolute Gasteiger partial charge is 0.507 e. The molecule has 1 amide bonds. The Morgan fingerprint density at radius 2 is 2.09 bits per heavy atom. The molecule has 2 aliphatic heterocycles. The molecule has 8 heteroatoms. The van der Waals surface area contributed by atoms with Gasteiger partial charge in [-0.15, -0.1) is 0 Å². The number of aliphatic hydroxyl groups is 1. The second kappa shape index (κ2) is 7.88. The van der Waals surface area contributed by atoms with Crippen molar-refractivity contribution in [3.63, 3.8) is 0 Å². The number of hydrogen-bond donors (Lipinski definition) is 1. The van der Waals surface area contributed by atoms with Gasteiger partial charge >= 0.3 is 0 Å². The van der Waals surface area contributed by atoms with E-state index in [4.69, 9.17) is 9.15 Å². The molecule has 0 bridgehead atoms. The van der Waals surface area contributed by atoms with Crippen LogP contribution >= 0.6 is 0 Å². The molecule has 1 atom stereocenters. The molecule has 1 N–H and O–H groups in total. The van der Waals surface area contributed by atoms with E-state index in [0.717, 1.165) is 11.3 Å². The molecule has 5 rings (SSSR count). The van der Waals surface area contributed by atoms with Crippen LogP contribution < -0.4 is 9.64 Å². The average molecular weight is 431 g/mol. The van der Waals surface area contributed by atoms with Crippen molar-refractivity contribution in [2.75, 3.05) is 25.1 Å². The highest BCUT2D eigenvalue weighted by atomic mass is 16.5. The summed E-state index contributed by atoms with van der Waals surface area (Å²) in [5.74, 6) is -0.603. The van der Waals surface area contributed by atoms with E-state index in [1.165, 1.54) is 11.2 Å². The number of pyridine rings is 1. The van der Waals surface area contributed by atoms with Gasteiger partial charge in [0.15, 0.2) is 0 Å². The van der Waals surface area contributed by atoms with Gasteiger partial charge in [0.25, 0.3) is 11.7 Å². The van der Waals surface area contributed by atoms with Crippen LogP contribution in [0.5, 0.6) is 5.75 Å². The van der Waals surface area contributed by atoms with Gasteiger partial charge in [0, 0.05) is 31.5 Å². The molecule has 0 aliphatic carbocycles. The summed E-state index contributed by atoms with van der Waals surface area (Å²) >= 11 is 0. The maximum atomic E-state index is 13.1. The Bertz CT molecular complexity index is 1200. The lowest BCUT2D eigenvalue weighted by molar-refractivity contribution is -0.140.